The predicted molar refractivity (Wildman–Crippen MR) is 56.3 cm³/mol. The minimum atomic E-state index is 0.303. The van der Waals surface area contributed by atoms with Crippen LogP contribution in [0.5, 0.6) is 0 Å². The summed E-state index contributed by atoms with van der Waals surface area (Å²) >= 11 is 0. The summed E-state index contributed by atoms with van der Waals surface area (Å²) in [4.78, 5) is 6.66. The van der Waals surface area contributed by atoms with Gasteiger partial charge in [-0.1, -0.05) is 11.6 Å². The molecule has 5 nitrogen and oxygen atoms in total. The fourth-order valence-electron chi connectivity index (χ4n) is 2.02. The van der Waals surface area contributed by atoms with E-state index in [2.05, 4.69) is 22.1 Å². The van der Waals surface area contributed by atoms with Crippen LogP contribution in [-0.4, -0.2) is 35.2 Å². The molecule has 2 heterocycles. The van der Waals surface area contributed by atoms with Crippen molar-refractivity contribution in [3.63, 3.8) is 0 Å². The Morgan fingerprint density at radius 1 is 1.53 bits per heavy atom. The molecule has 1 aromatic heterocycles. The molecule has 1 saturated heterocycles. The molecule has 0 spiro atoms. The average Bonchev–Trinajstić information content (AvgIpc) is 2.68. The van der Waals surface area contributed by atoms with Crippen molar-refractivity contribution >= 4 is 0 Å². The van der Waals surface area contributed by atoms with Crippen molar-refractivity contribution in [2.75, 3.05) is 20.1 Å². The van der Waals surface area contributed by atoms with E-state index in [-0.39, 0.29) is 0 Å². The van der Waals surface area contributed by atoms with Gasteiger partial charge in [0.05, 0.1) is 6.04 Å². The first kappa shape index (κ1) is 10.6. The zero-order chi connectivity index (χ0) is 10.7. The van der Waals surface area contributed by atoms with Gasteiger partial charge in [0, 0.05) is 6.42 Å². The number of likely N-dealkylation sites (tertiary alicyclic amines) is 1. The second-order valence-corrected chi connectivity index (χ2v) is 4.08. The molecule has 15 heavy (non-hydrogen) atoms. The Balaban J connectivity index is 2.06. The highest BCUT2D eigenvalue weighted by Crippen LogP contribution is 2.27. The molecule has 0 bridgehead atoms. The fourth-order valence-corrected chi connectivity index (χ4v) is 2.02. The van der Waals surface area contributed by atoms with E-state index in [0.29, 0.717) is 19.0 Å². The molecule has 0 saturated carbocycles. The van der Waals surface area contributed by atoms with Gasteiger partial charge in [0.25, 0.3) is 0 Å². The topological polar surface area (TPSA) is 68.2 Å². The first-order chi connectivity index (χ1) is 7.31. The molecule has 0 aromatic carbocycles. The number of nitrogens with zero attached hydrogens (tertiary/aromatic N) is 3. The van der Waals surface area contributed by atoms with E-state index in [0.717, 1.165) is 24.7 Å². The van der Waals surface area contributed by atoms with Gasteiger partial charge >= 0.3 is 0 Å². The molecule has 1 unspecified atom stereocenters. The lowest BCUT2D eigenvalue weighted by molar-refractivity contribution is 0.150. The molecule has 2 rings (SSSR count). The Kier molecular flexibility index (Phi) is 3.33. The van der Waals surface area contributed by atoms with Gasteiger partial charge < -0.3 is 10.3 Å². The first-order valence-corrected chi connectivity index (χ1v) is 5.54. The van der Waals surface area contributed by atoms with Crippen LogP contribution in [0.2, 0.25) is 0 Å². The maximum Gasteiger partial charge on any atom is 0.243 e. The molecular weight excluding hydrogens is 192 g/mol. The van der Waals surface area contributed by atoms with Crippen LogP contribution < -0.4 is 5.73 Å². The SMILES string of the molecule is CN1CCCCC1c1nc(CCN)no1. The third kappa shape index (κ3) is 2.35. The van der Waals surface area contributed by atoms with Crippen LogP contribution in [-0.2, 0) is 6.42 Å². The Morgan fingerprint density at radius 2 is 2.40 bits per heavy atom. The van der Waals surface area contributed by atoms with E-state index in [1.165, 1.54) is 12.8 Å². The smallest absolute Gasteiger partial charge is 0.243 e. The zero-order valence-corrected chi connectivity index (χ0v) is 9.15. The van der Waals surface area contributed by atoms with Gasteiger partial charge in [0.15, 0.2) is 5.82 Å². The van der Waals surface area contributed by atoms with Crippen molar-refractivity contribution in [3.8, 4) is 0 Å². The normalized spacial score (nSPS) is 23.2. The van der Waals surface area contributed by atoms with Crippen LogP contribution in [0.25, 0.3) is 0 Å². The molecule has 1 fully saturated rings. The molecule has 1 atom stereocenters. The summed E-state index contributed by atoms with van der Waals surface area (Å²) < 4.78 is 5.27. The monoisotopic (exact) mass is 210 g/mol. The zero-order valence-electron chi connectivity index (χ0n) is 9.15. The van der Waals surface area contributed by atoms with Crippen LogP contribution in [0, 0.1) is 0 Å². The summed E-state index contributed by atoms with van der Waals surface area (Å²) in [5.41, 5.74) is 5.44. The molecule has 5 heteroatoms. The molecular formula is C10H18N4O. The first-order valence-electron chi connectivity index (χ1n) is 5.54. The van der Waals surface area contributed by atoms with Gasteiger partial charge in [-0.3, -0.25) is 4.90 Å². The van der Waals surface area contributed by atoms with Crippen molar-refractivity contribution in [3.05, 3.63) is 11.7 Å². The minimum absolute atomic E-state index is 0.303. The van der Waals surface area contributed by atoms with E-state index < -0.39 is 0 Å². The highest BCUT2D eigenvalue weighted by molar-refractivity contribution is 4.95. The van der Waals surface area contributed by atoms with Crippen LogP contribution >= 0.6 is 0 Å². The average molecular weight is 210 g/mol. The molecule has 1 aliphatic rings. The predicted octanol–water partition coefficient (Wildman–Crippen LogP) is 0.728. The Labute approximate surface area is 89.6 Å². The van der Waals surface area contributed by atoms with Gasteiger partial charge in [-0.05, 0) is 33.0 Å². The number of hydrogen-bond donors (Lipinski definition) is 1. The summed E-state index contributed by atoms with van der Waals surface area (Å²) in [5, 5.41) is 3.92. The van der Waals surface area contributed by atoms with Crippen molar-refractivity contribution in [1.82, 2.24) is 15.0 Å². The summed E-state index contributed by atoms with van der Waals surface area (Å²) in [7, 11) is 2.11. The van der Waals surface area contributed by atoms with Crippen LogP contribution in [0.4, 0.5) is 0 Å². The number of piperidine rings is 1. The van der Waals surface area contributed by atoms with Crippen LogP contribution in [0.3, 0.4) is 0 Å². The highest BCUT2D eigenvalue weighted by Gasteiger charge is 2.25. The Hall–Kier alpha value is -0.940. The molecule has 2 N–H and O–H groups in total. The lowest BCUT2D eigenvalue weighted by Crippen LogP contribution is -2.29. The summed E-state index contributed by atoms with van der Waals surface area (Å²) in [5.74, 6) is 1.48. The van der Waals surface area contributed by atoms with E-state index in [1.54, 1.807) is 0 Å². The summed E-state index contributed by atoms with van der Waals surface area (Å²) in [6, 6.07) is 0.303. The molecule has 0 aliphatic carbocycles. The maximum atomic E-state index is 5.44. The van der Waals surface area contributed by atoms with Crippen molar-refractivity contribution in [1.29, 1.82) is 0 Å². The van der Waals surface area contributed by atoms with Crippen molar-refractivity contribution in [2.24, 2.45) is 5.73 Å². The van der Waals surface area contributed by atoms with Gasteiger partial charge in [0.1, 0.15) is 0 Å². The van der Waals surface area contributed by atoms with Gasteiger partial charge in [-0.15, -0.1) is 0 Å². The van der Waals surface area contributed by atoms with E-state index in [4.69, 9.17) is 10.3 Å². The second-order valence-electron chi connectivity index (χ2n) is 4.08. The minimum Gasteiger partial charge on any atom is -0.338 e. The standard InChI is InChI=1S/C10H18N4O/c1-14-7-3-2-4-8(14)10-12-9(5-6-11)13-15-10/h8H,2-7,11H2,1H3. The van der Waals surface area contributed by atoms with Crippen molar-refractivity contribution < 1.29 is 4.52 Å². The molecule has 1 aliphatic heterocycles. The number of aromatic nitrogens is 2. The fraction of sp³-hybridized carbons (Fsp3) is 0.800. The summed E-state index contributed by atoms with van der Waals surface area (Å²) in [6.45, 7) is 1.68. The Morgan fingerprint density at radius 3 is 3.13 bits per heavy atom. The number of hydrogen-bond acceptors (Lipinski definition) is 5. The van der Waals surface area contributed by atoms with E-state index in [1.807, 2.05) is 0 Å². The molecule has 84 valence electrons. The Bertz CT molecular complexity index is 312. The lowest BCUT2D eigenvalue weighted by atomic mass is 10.0. The van der Waals surface area contributed by atoms with Gasteiger partial charge in [-0.25, -0.2) is 0 Å². The van der Waals surface area contributed by atoms with Gasteiger partial charge in [-0.2, -0.15) is 4.98 Å². The van der Waals surface area contributed by atoms with Gasteiger partial charge in [0.2, 0.25) is 5.89 Å². The van der Waals surface area contributed by atoms with Crippen LogP contribution in [0.1, 0.15) is 37.0 Å². The van der Waals surface area contributed by atoms with Crippen LogP contribution in [0.15, 0.2) is 4.52 Å². The third-order valence-corrected chi connectivity index (χ3v) is 2.91. The lowest BCUT2D eigenvalue weighted by Gasteiger charge is -2.29. The quantitative estimate of drug-likeness (QED) is 0.796. The summed E-state index contributed by atoms with van der Waals surface area (Å²) in [6.07, 6.45) is 4.31. The number of rotatable bonds is 3. The third-order valence-electron chi connectivity index (χ3n) is 2.91. The molecule has 1 aromatic rings. The maximum absolute atomic E-state index is 5.44. The van der Waals surface area contributed by atoms with Crippen molar-refractivity contribution in [2.45, 2.75) is 31.7 Å². The number of nitrogens with two attached hydrogens (primary N) is 1. The molecule has 0 amide bonds. The largest absolute Gasteiger partial charge is 0.338 e. The van der Waals surface area contributed by atoms with E-state index >= 15 is 0 Å². The molecule has 0 radical (unpaired) electrons. The van der Waals surface area contributed by atoms with E-state index in [9.17, 15) is 0 Å². The highest BCUT2D eigenvalue weighted by atomic mass is 16.5. The second kappa shape index (κ2) is 4.72.